The first-order valence-corrected chi connectivity index (χ1v) is 17.5. The summed E-state index contributed by atoms with van der Waals surface area (Å²) in [6.07, 6.45) is 13.6. The van der Waals surface area contributed by atoms with Crippen molar-refractivity contribution in [3.8, 4) is 11.5 Å². The number of aliphatic imine (C=N–C) groups is 2. The lowest BCUT2D eigenvalue weighted by Crippen LogP contribution is -2.45. The van der Waals surface area contributed by atoms with E-state index >= 15 is 0 Å². The summed E-state index contributed by atoms with van der Waals surface area (Å²) in [7, 11) is 0. The Labute approximate surface area is 282 Å². The van der Waals surface area contributed by atoms with E-state index in [4.69, 9.17) is 14.5 Å². The number of amidine groups is 1. The molecule has 0 amide bonds. The quantitative estimate of drug-likeness (QED) is 0.114. The van der Waals surface area contributed by atoms with Gasteiger partial charge in [0, 0.05) is 17.7 Å². The topological polar surface area (TPSA) is 95.7 Å². The summed E-state index contributed by atoms with van der Waals surface area (Å²) in [6.45, 7) is 11.3. The van der Waals surface area contributed by atoms with Crippen LogP contribution >= 0.6 is 0 Å². The molecular weight excluding hydrogens is 586 g/mol. The number of aliphatic hydroxyl groups is 1. The third kappa shape index (κ3) is 9.91. The van der Waals surface area contributed by atoms with E-state index in [0.717, 1.165) is 40.7 Å². The lowest BCUT2D eigenvalue weighted by molar-refractivity contribution is 0.0105. The lowest BCUT2D eigenvalue weighted by atomic mass is 9.86. The van der Waals surface area contributed by atoms with E-state index in [-0.39, 0.29) is 24.7 Å². The number of phenols is 1. The second-order valence-corrected chi connectivity index (χ2v) is 13.1. The van der Waals surface area contributed by atoms with Crippen molar-refractivity contribution in [3.63, 3.8) is 0 Å². The molecule has 1 aliphatic heterocycles. The molecule has 0 spiro atoms. The second-order valence-electron chi connectivity index (χ2n) is 13.1. The summed E-state index contributed by atoms with van der Waals surface area (Å²) in [6, 6.07) is 17.8. The van der Waals surface area contributed by atoms with Crippen LogP contribution in [-0.2, 0) is 10.4 Å². The highest BCUT2D eigenvalue weighted by Crippen LogP contribution is 2.43. The minimum Gasteiger partial charge on any atom is -0.504 e. The van der Waals surface area contributed by atoms with Gasteiger partial charge in [0.1, 0.15) is 12.7 Å². The molecule has 0 aromatic heterocycles. The fourth-order valence-electron chi connectivity index (χ4n) is 6.32. The van der Waals surface area contributed by atoms with Crippen LogP contribution in [-0.4, -0.2) is 48.3 Å². The number of ether oxygens (including phenoxy) is 2. The smallest absolute Gasteiger partial charge is 0.188 e. The first-order valence-electron chi connectivity index (χ1n) is 17.5. The van der Waals surface area contributed by atoms with Gasteiger partial charge in [0.2, 0.25) is 0 Å². The summed E-state index contributed by atoms with van der Waals surface area (Å²) in [5.74, 6) is 0.798. The molecule has 1 heterocycles. The molecule has 3 N–H and O–H groups in total. The predicted molar refractivity (Wildman–Crippen MR) is 193 cm³/mol. The lowest BCUT2D eigenvalue weighted by Gasteiger charge is -2.35. The number of phenolic OH excluding ortho intramolecular Hbond substituents is 1. The average Bonchev–Trinajstić information content (AvgIpc) is 3.04. The minimum absolute atomic E-state index is 0.00241. The van der Waals surface area contributed by atoms with Gasteiger partial charge in [-0.25, -0.2) is 9.98 Å². The molecular formula is C40H55N3O4. The summed E-state index contributed by atoms with van der Waals surface area (Å²) in [5.41, 5.74) is 5.59. The number of aryl methyl sites for hydroxylation is 4. The molecule has 0 aliphatic carbocycles. The Morgan fingerprint density at radius 2 is 1.43 bits per heavy atom. The van der Waals surface area contributed by atoms with Crippen LogP contribution in [0.3, 0.4) is 0 Å². The molecule has 7 heteroatoms. The van der Waals surface area contributed by atoms with Crippen molar-refractivity contribution in [1.29, 1.82) is 0 Å². The zero-order chi connectivity index (χ0) is 33.6. The zero-order valence-electron chi connectivity index (χ0n) is 29.1. The van der Waals surface area contributed by atoms with Gasteiger partial charge in [-0.2, -0.15) is 0 Å². The fourth-order valence-corrected chi connectivity index (χ4v) is 6.32. The standard InChI is InChI=1S/C40H55N3O4/c1-6-7-8-9-10-11-12-13-14-15-23-46-26-33(44)27-47-37-18-16-17-36(38(37)45)40(35-22-20-30(3)25-32(35)5)42-28-41-39(43-40)34-21-19-29(2)24-31(34)4/h16-22,24-25,28,33,44-45H,6-15,23,26-27H2,1-5H3,(H,41,42,43). The number of benzene rings is 3. The number of nitrogens with one attached hydrogen (secondary N) is 1. The van der Waals surface area contributed by atoms with Crippen LogP contribution in [0.5, 0.6) is 11.5 Å². The van der Waals surface area contributed by atoms with Gasteiger partial charge in [-0.1, -0.05) is 124 Å². The second kappa shape index (κ2) is 18.0. The third-order valence-corrected chi connectivity index (χ3v) is 8.90. The van der Waals surface area contributed by atoms with Gasteiger partial charge < -0.3 is 25.0 Å². The van der Waals surface area contributed by atoms with Gasteiger partial charge in [0.25, 0.3) is 0 Å². The summed E-state index contributed by atoms with van der Waals surface area (Å²) >= 11 is 0. The first-order chi connectivity index (χ1) is 22.7. The molecule has 0 saturated carbocycles. The van der Waals surface area contributed by atoms with E-state index in [1.54, 1.807) is 12.4 Å². The van der Waals surface area contributed by atoms with Gasteiger partial charge in [0.15, 0.2) is 23.0 Å². The third-order valence-electron chi connectivity index (χ3n) is 8.90. The van der Waals surface area contributed by atoms with E-state index in [1.807, 2.05) is 37.3 Å². The molecule has 0 fully saturated rings. The van der Waals surface area contributed by atoms with Crippen LogP contribution in [0.4, 0.5) is 0 Å². The predicted octanol–water partition coefficient (Wildman–Crippen LogP) is 8.58. The Kier molecular flexibility index (Phi) is 13.9. The number of hydrogen-bond donors (Lipinski definition) is 3. The molecule has 3 aromatic rings. The number of nitrogens with zero attached hydrogens (tertiary/aromatic N) is 2. The maximum absolute atomic E-state index is 11.7. The Morgan fingerprint density at radius 3 is 2.11 bits per heavy atom. The minimum atomic E-state index is -1.16. The van der Waals surface area contributed by atoms with E-state index in [9.17, 15) is 10.2 Å². The van der Waals surface area contributed by atoms with E-state index in [0.29, 0.717) is 18.0 Å². The number of unbranched alkanes of at least 4 members (excludes halogenated alkanes) is 9. The van der Waals surface area contributed by atoms with Crippen molar-refractivity contribution in [2.75, 3.05) is 19.8 Å². The molecule has 4 rings (SSSR count). The maximum atomic E-state index is 11.7. The highest BCUT2D eigenvalue weighted by molar-refractivity contribution is 6.05. The van der Waals surface area contributed by atoms with Gasteiger partial charge >= 0.3 is 0 Å². The van der Waals surface area contributed by atoms with Gasteiger partial charge in [-0.15, -0.1) is 0 Å². The number of rotatable bonds is 19. The molecule has 2 atom stereocenters. The summed E-state index contributed by atoms with van der Waals surface area (Å²) in [5, 5.41) is 25.7. The number of aromatic hydroxyl groups is 1. The normalized spacial score (nSPS) is 16.5. The van der Waals surface area contributed by atoms with Crippen LogP contribution in [0.2, 0.25) is 0 Å². The SMILES string of the molecule is CCCCCCCCCCCCOCC(O)COc1cccc(C2(c3ccc(C)cc3C)N=C(c3ccc(C)cc3C)N=CN2)c1O. The Hall–Kier alpha value is -3.68. The molecule has 1 aliphatic rings. The molecule has 2 unspecified atom stereocenters. The molecule has 0 bridgehead atoms. The largest absolute Gasteiger partial charge is 0.504 e. The molecule has 0 saturated heterocycles. The van der Waals surface area contributed by atoms with E-state index in [1.165, 1.54) is 56.9 Å². The van der Waals surface area contributed by atoms with Crippen molar-refractivity contribution < 1.29 is 19.7 Å². The zero-order valence-corrected chi connectivity index (χ0v) is 29.1. The van der Waals surface area contributed by atoms with Crippen LogP contribution in [0.1, 0.15) is 110 Å². The van der Waals surface area contributed by atoms with Crippen molar-refractivity contribution in [2.24, 2.45) is 9.98 Å². The summed E-state index contributed by atoms with van der Waals surface area (Å²) < 4.78 is 11.7. The van der Waals surface area contributed by atoms with Crippen molar-refractivity contribution >= 4 is 12.2 Å². The molecule has 7 nitrogen and oxygen atoms in total. The maximum Gasteiger partial charge on any atom is 0.188 e. The van der Waals surface area contributed by atoms with Gasteiger partial charge in [-0.05, 0) is 51.3 Å². The molecule has 47 heavy (non-hydrogen) atoms. The average molecular weight is 642 g/mol. The van der Waals surface area contributed by atoms with E-state index in [2.05, 4.69) is 56.2 Å². The Morgan fingerprint density at radius 1 is 0.766 bits per heavy atom. The van der Waals surface area contributed by atoms with Crippen molar-refractivity contribution in [1.82, 2.24) is 5.32 Å². The van der Waals surface area contributed by atoms with E-state index < -0.39 is 11.8 Å². The Bertz CT molecular complexity index is 1500. The van der Waals surface area contributed by atoms with Gasteiger partial charge in [-0.3, -0.25) is 0 Å². The summed E-state index contributed by atoms with van der Waals surface area (Å²) in [4.78, 5) is 9.84. The fraction of sp³-hybridized carbons (Fsp3) is 0.500. The van der Waals surface area contributed by atoms with Crippen molar-refractivity contribution in [2.45, 2.75) is 111 Å². The van der Waals surface area contributed by atoms with Gasteiger partial charge in [0.05, 0.1) is 18.5 Å². The number of para-hydroxylation sites is 1. The van der Waals surface area contributed by atoms with Crippen LogP contribution in [0.25, 0.3) is 0 Å². The highest BCUT2D eigenvalue weighted by Gasteiger charge is 2.40. The van der Waals surface area contributed by atoms with Crippen LogP contribution in [0, 0.1) is 27.7 Å². The Balaban J connectivity index is 1.41. The molecule has 254 valence electrons. The molecule has 3 aromatic carbocycles. The van der Waals surface area contributed by atoms with Crippen LogP contribution in [0.15, 0.2) is 64.6 Å². The van der Waals surface area contributed by atoms with Crippen LogP contribution < -0.4 is 10.1 Å². The van der Waals surface area contributed by atoms with Crippen molar-refractivity contribution in [3.05, 3.63) is 93.5 Å². The highest BCUT2D eigenvalue weighted by atomic mass is 16.5. The number of hydrogen-bond acceptors (Lipinski definition) is 7. The monoisotopic (exact) mass is 641 g/mol. The number of aliphatic hydroxyl groups excluding tert-OH is 1. The molecule has 0 radical (unpaired) electrons. The first kappa shape index (κ1) is 36.2.